The zero-order valence-electron chi connectivity index (χ0n) is 10.5. The zero-order valence-corrected chi connectivity index (χ0v) is 10.5. The average molecular weight is 201 g/mol. The normalized spacial score (nSPS) is 13.9. The van der Waals surface area contributed by atoms with Crippen LogP contribution in [0, 0.1) is 11.8 Å². The smallest absolute Gasteiger partial charge is 0.0506 e. The molecule has 1 N–H and O–H groups in total. The molecule has 0 aromatic carbocycles. The summed E-state index contributed by atoms with van der Waals surface area (Å²) in [5.74, 6) is 1.42. The first-order valence-electron chi connectivity index (χ1n) is 5.87. The van der Waals surface area contributed by atoms with Crippen LogP contribution in [0.5, 0.6) is 0 Å². The van der Waals surface area contributed by atoms with Crippen LogP contribution in [0.15, 0.2) is 0 Å². The number of hydrogen-bond donors (Lipinski definition) is 1. The zero-order chi connectivity index (χ0) is 11.0. The highest BCUT2D eigenvalue weighted by Gasteiger charge is 2.11. The van der Waals surface area contributed by atoms with Gasteiger partial charge in [0.25, 0.3) is 0 Å². The summed E-state index contributed by atoms with van der Waals surface area (Å²) in [5, 5.41) is 3.48. The van der Waals surface area contributed by atoms with E-state index in [-0.39, 0.29) is 0 Å². The molecule has 0 amide bonds. The van der Waals surface area contributed by atoms with E-state index in [1.165, 1.54) is 6.42 Å². The summed E-state index contributed by atoms with van der Waals surface area (Å²) < 4.78 is 5.49. The molecule has 2 nitrogen and oxygen atoms in total. The minimum atomic E-state index is 0.575. The van der Waals surface area contributed by atoms with Crippen molar-refractivity contribution in [2.45, 2.75) is 47.1 Å². The van der Waals surface area contributed by atoms with Gasteiger partial charge in [-0.25, -0.2) is 0 Å². The molecule has 2 heteroatoms. The molecule has 0 aliphatic carbocycles. The van der Waals surface area contributed by atoms with E-state index in [0.717, 1.165) is 25.7 Å². The first kappa shape index (κ1) is 13.9. The Morgan fingerprint density at radius 1 is 1.14 bits per heavy atom. The monoisotopic (exact) mass is 201 g/mol. The number of nitrogens with one attached hydrogen (secondary N) is 1. The average Bonchev–Trinajstić information content (AvgIpc) is 2.09. The van der Waals surface area contributed by atoms with Gasteiger partial charge in [0.2, 0.25) is 0 Å². The van der Waals surface area contributed by atoms with Crippen LogP contribution in [-0.2, 0) is 4.74 Å². The fraction of sp³-hybridized carbons (Fsp3) is 1.00. The summed E-state index contributed by atoms with van der Waals surface area (Å²) in [6.07, 6.45) is 1.25. The highest BCUT2D eigenvalue weighted by molar-refractivity contribution is 4.65. The third-order valence-electron chi connectivity index (χ3n) is 2.18. The predicted molar refractivity (Wildman–Crippen MR) is 62.6 cm³/mol. The highest BCUT2D eigenvalue weighted by Crippen LogP contribution is 2.11. The molecular weight excluding hydrogens is 174 g/mol. The van der Waals surface area contributed by atoms with Gasteiger partial charge in [-0.1, -0.05) is 27.7 Å². The molecule has 1 unspecified atom stereocenters. The van der Waals surface area contributed by atoms with Gasteiger partial charge in [0, 0.05) is 19.2 Å². The molecule has 0 aliphatic heterocycles. The van der Waals surface area contributed by atoms with Gasteiger partial charge in [-0.3, -0.25) is 0 Å². The molecule has 0 heterocycles. The molecule has 0 rings (SSSR count). The molecule has 0 saturated carbocycles. The summed E-state index contributed by atoms with van der Waals surface area (Å²) in [5.41, 5.74) is 0. The van der Waals surface area contributed by atoms with Gasteiger partial charge in [0.05, 0.1) is 6.61 Å². The van der Waals surface area contributed by atoms with Crippen molar-refractivity contribution < 1.29 is 4.74 Å². The number of rotatable bonds is 8. The molecule has 0 aromatic heterocycles. The lowest BCUT2D eigenvalue weighted by Crippen LogP contribution is -2.31. The van der Waals surface area contributed by atoms with Crippen molar-refractivity contribution in [2.75, 3.05) is 19.8 Å². The van der Waals surface area contributed by atoms with E-state index in [2.05, 4.69) is 39.9 Å². The molecule has 0 saturated heterocycles. The van der Waals surface area contributed by atoms with Crippen molar-refractivity contribution in [3.63, 3.8) is 0 Å². The maximum Gasteiger partial charge on any atom is 0.0506 e. The van der Waals surface area contributed by atoms with E-state index in [1.807, 2.05) is 0 Å². The second-order valence-electron chi connectivity index (χ2n) is 4.72. The molecular formula is C12H27NO. The Bertz CT molecular complexity index is 123. The summed E-state index contributed by atoms with van der Waals surface area (Å²) in [7, 11) is 0. The molecule has 0 fully saturated rings. The maximum atomic E-state index is 5.49. The topological polar surface area (TPSA) is 21.3 Å². The largest absolute Gasteiger partial charge is 0.381 e. The summed E-state index contributed by atoms with van der Waals surface area (Å²) in [6, 6.07) is 0.575. The van der Waals surface area contributed by atoms with Crippen molar-refractivity contribution in [3.8, 4) is 0 Å². The van der Waals surface area contributed by atoms with Gasteiger partial charge < -0.3 is 10.1 Å². The second kappa shape index (κ2) is 8.25. The van der Waals surface area contributed by atoms with Crippen LogP contribution in [0.25, 0.3) is 0 Å². The quantitative estimate of drug-likeness (QED) is 0.652. The molecule has 0 aromatic rings. The van der Waals surface area contributed by atoms with E-state index >= 15 is 0 Å². The summed E-state index contributed by atoms with van der Waals surface area (Å²) in [4.78, 5) is 0. The van der Waals surface area contributed by atoms with E-state index in [0.29, 0.717) is 12.0 Å². The summed E-state index contributed by atoms with van der Waals surface area (Å²) in [6.45, 7) is 13.8. The predicted octanol–water partition coefficient (Wildman–Crippen LogP) is 2.68. The Labute approximate surface area is 89.4 Å². The van der Waals surface area contributed by atoms with Crippen LogP contribution in [0.1, 0.15) is 41.0 Å². The van der Waals surface area contributed by atoms with Crippen molar-refractivity contribution in [1.29, 1.82) is 0 Å². The van der Waals surface area contributed by atoms with Crippen LogP contribution in [0.2, 0.25) is 0 Å². The van der Waals surface area contributed by atoms with Crippen LogP contribution >= 0.6 is 0 Å². The Morgan fingerprint density at radius 3 is 2.21 bits per heavy atom. The maximum absolute atomic E-state index is 5.49. The standard InChI is InChI=1S/C12H27NO/c1-6-14-9-12(7-10(2)3)8-13-11(4)5/h10-13H,6-9H2,1-5H3. The first-order chi connectivity index (χ1) is 6.56. The summed E-state index contributed by atoms with van der Waals surface area (Å²) >= 11 is 0. The second-order valence-corrected chi connectivity index (χ2v) is 4.72. The number of hydrogen-bond acceptors (Lipinski definition) is 2. The SMILES string of the molecule is CCOCC(CNC(C)C)CC(C)C. The molecule has 0 bridgehead atoms. The number of ether oxygens (including phenoxy) is 1. The lowest BCUT2D eigenvalue weighted by Gasteiger charge is -2.20. The van der Waals surface area contributed by atoms with Crippen LogP contribution in [0.3, 0.4) is 0 Å². The molecule has 1 atom stereocenters. The third kappa shape index (κ3) is 8.52. The fourth-order valence-electron chi connectivity index (χ4n) is 1.56. The van der Waals surface area contributed by atoms with Crippen LogP contribution in [-0.4, -0.2) is 25.8 Å². The molecule has 0 aliphatic rings. The molecule has 86 valence electrons. The minimum absolute atomic E-state index is 0.575. The van der Waals surface area contributed by atoms with Gasteiger partial charge in [0.15, 0.2) is 0 Å². The van der Waals surface area contributed by atoms with Gasteiger partial charge >= 0.3 is 0 Å². The van der Waals surface area contributed by atoms with E-state index in [1.54, 1.807) is 0 Å². The minimum Gasteiger partial charge on any atom is -0.381 e. The van der Waals surface area contributed by atoms with Crippen molar-refractivity contribution in [1.82, 2.24) is 5.32 Å². The van der Waals surface area contributed by atoms with E-state index in [4.69, 9.17) is 4.74 Å². The Kier molecular flexibility index (Phi) is 8.20. The van der Waals surface area contributed by atoms with Crippen molar-refractivity contribution >= 4 is 0 Å². The van der Waals surface area contributed by atoms with E-state index in [9.17, 15) is 0 Å². The van der Waals surface area contributed by atoms with Crippen molar-refractivity contribution in [2.24, 2.45) is 11.8 Å². The van der Waals surface area contributed by atoms with E-state index < -0.39 is 0 Å². The third-order valence-corrected chi connectivity index (χ3v) is 2.18. The Balaban J connectivity index is 3.72. The highest BCUT2D eigenvalue weighted by atomic mass is 16.5. The lowest BCUT2D eigenvalue weighted by molar-refractivity contribution is 0.100. The van der Waals surface area contributed by atoms with Crippen LogP contribution < -0.4 is 5.32 Å². The van der Waals surface area contributed by atoms with Gasteiger partial charge in [0.1, 0.15) is 0 Å². The Hall–Kier alpha value is -0.0800. The Morgan fingerprint density at radius 2 is 1.79 bits per heavy atom. The lowest BCUT2D eigenvalue weighted by atomic mass is 9.97. The molecule has 0 radical (unpaired) electrons. The van der Waals surface area contributed by atoms with Gasteiger partial charge in [-0.05, 0) is 25.2 Å². The van der Waals surface area contributed by atoms with Gasteiger partial charge in [-0.15, -0.1) is 0 Å². The fourth-order valence-corrected chi connectivity index (χ4v) is 1.56. The molecule has 0 spiro atoms. The van der Waals surface area contributed by atoms with Gasteiger partial charge in [-0.2, -0.15) is 0 Å². The van der Waals surface area contributed by atoms with Crippen LogP contribution in [0.4, 0.5) is 0 Å². The molecule has 14 heavy (non-hydrogen) atoms. The first-order valence-corrected chi connectivity index (χ1v) is 5.87. The van der Waals surface area contributed by atoms with Crippen molar-refractivity contribution in [3.05, 3.63) is 0 Å².